The Bertz CT molecular complexity index is 877. The largest absolute Gasteiger partial charge is 0.465 e. The van der Waals surface area contributed by atoms with E-state index >= 15 is 0 Å². The van der Waals surface area contributed by atoms with Gasteiger partial charge in [-0.15, -0.1) is 11.3 Å². The molecule has 1 amide bonds. The molecule has 2 N–H and O–H groups in total. The Morgan fingerprint density at radius 2 is 2.04 bits per heavy atom. The molecule has 0 bridgehead atoms. The van der Waals surface area contributed by atoms with Gasteiger partial charge in [0.1, 0.15) is 5.00 Å². The van der Waals surface area contributed by atoms with Crippen molar-refractivity contribution in [2.24, 2.45) is 5.92 Å². The van der Waals surface area contributed by atoms with Crippen LogP contribution >= 0.6 is 23.6 Å². The molecule has 1 aromatic heterocycles. The van der Waals surface area contributed by atoms with Gasteiger partial charge in [-0.05, 0) is 54.9 Å². The number of thiophene rings is 1. The molecule has 0 fully saturated rings. The van der Waals surface area contributed by atoms with Gasteiger partial charge in [-0.3, -0.25) is 4.79 Å². The predicted molar refractivity (Wildman–Crippen MR) is 116 cm³/mol. The van der Waals surface area contributed by atoms with Crippen LogP contribution in [0.25, 0.3) is 0 Å². The molecule has 1 aliphatic rings. The van der Waals surface area contributed by atoms with E-state index in [0.717, 1.165) is 30.4 Å². The van der Waals surface area contributed by atoms with E-state index in [1.54, 1.807) is 0 Å². The first-order chi connectivity index (χ1) is 13.5. The lowest BCUT2D eigenvalue weighted by atomic mass is 9.88. The molecule has 0 radical (unpaired) electrons. The summed E-state index contributed by atoms with van der Waals surface area (Å²) in [5.41, 5.74) is 2.70. The first kappa shape index (κ1) is 20.5. The molecule has 1 aromatic carbocycles. The maximum Gasteiger partial charge on any atom is 0.341 e. The summed E-state index contributed by atoms with van der Waals surface area (Å²) in [6, 6.07) is 9.83. The minimum absolute atomic E-state index is 0.157. The molecule has 1 heterocycles. The smallest absolute Gasteiger partial charge is 0.341 e. The fourth-order valence-corrected chi connectivity index (χ4v) is 5.07. The van der Waals surface area contributed by atoms with Gasteiger partial charge in [0, 0.05) is 11.3 Å². The predicted octanol–water partition coefficient (Wildman–Crippen LogP) is 4.11. The summed E-state index contributed by atoms with van der Waals surface area (Å²) < 4.78 is 4.98. The number of ether oxygens (including phenoxy) is 1. The van der Waals surface area contributed by atoms with Crippen molar-refractivity contribution in [2.75, 3.05) is 12.4 Å². The molecule has 2 aromatic rings. The Labute approximate surface area is 174 Å². The fraction of sp³-hybridized carbons (Fsp3) is 0.381. The average Bonchev–Trinajstić information content (AvgIpc) is 3.03. The second kappa shape index (κ2) is 9.30. The van der Waals surface area contributed by atoms with Crippen LogP contribution in [0.3, 0.4) is 0 Å². The van der Waals surface area contributed by atoms with Crippen molar-refractivity contribution in [3.63, 3.8) is 0 Å². The highest BCUT2D eigenvalue weighted by Crippen LogP contribution is 2.39. The molecular formula is C21H24N2O3S2. The topological polar surface area (TPSA) is 67.4 Å². The van der Waals surface area contributed by atoms with Crippen molar-refractivity contribution in [1.82, 2.24) is 5.32 Å². The summed E-state index contributed by atoms with van der Waals surface area (Å²) in [6.45, 7) is 2.21. The molecule has 1 aliphatic carbocycles. The molecule has 0 spiro atoms. The number of anilines is 1. The SMILES string of the molecule is COC(=O)c1c(NC(=S)NC(=O)CCc2ccccc2)sc2c1CCC(C)C2. The molecule has 3 rings (SSSR count). The molecule has 5 nitrogen and oxygen atoms in total. The highest BCUT2D eigenvalue weighted by Gasteiger charge is 2.28. The van der Waals surface area contributed by atoms with Crippen LogP contribution in [0.4, 0.5) is 5.00 Å². The highest BCUT2D eigenvalue weighted by molar-refractivity contribution is 7.80. The maximum absolute atomic E-state index is 12.3. The number of nitrogens with one attached hydrogen (secondary N) is 2. The Hall–Kier alpha value is -2.25. The Balaban J connectivity index is 1.64. The molecule has 28 heavy (non-hydrogen) atoms. The number of amides is 1. The number of benzene rings is 1. The maximum atomic E-state index is 12.3. The molecule has 0 saturated heterocycles. The van der Waals surface area contributed by atoms with Crippen LogP contribution in [-0.2, 0) is 28.8 Å². The number of rotatable bonds is 5. The van der Waals surface area contributed by atoms with E-state index in [1.807, 2.05) is 30.3 Å². The van der Waals surface area contributed by atoms with Crippen molar-refractivity contribution < 1.29 is 14.3 Å². The number of hydrogen-bond acceptors (Lipinski definition) is 5. The van der Waals surface area contributed by atoms with Gasteiger partial charge in [0.2, 0.25) is 5.91 Å². The Kier molecular flexibility index (Phi) is 6.80. The van der Waals surface area contributed by atoms with Crippen LogP contribution in [0, 0.1) is 5.92 Å². The van der Waals surface area contributed by atoms with E-state index in [1.165, 1.54) is 23.3 Å². The van der Waals surface area contributed by atoms with Gasteiger partial charge in [-0.1, -0.05) is 37.3 Å². The molecule has 1 atom stereocenters. The molecule has 1 unspecified atom stereocenters. The summed E-state index contributed by atoms with van der Waals surface area (Å²) in [7, 11) is 1.38. The van der Waals surface area contributed by atoms with Crippen molar-refractivity contribution in [3.8, 4) is 0 Å². The fourth-order valence-electron chi connectivity index (χ4n) is 3.38. The zero-order valence-electron chi connectivity index (χ0n) is 16.0. The monoisotopic (exact) mass is 416 g/mol. The van der Waals surface area contributed by atoms with Crippen LogP contribution in [0.2, 0.25) is 0 Å². The number of aryl methyl sites for hydroxylation is 1. The molecule has 148 valence electrons. The lowest BCUT2D eigenvalue weighted by molar-refractivity contribution is -0.119. The summed E-state index contributed by atoms with van der Waals surface area (Å²) in [5.74, 6) is 0.0674. The zero-order valence-corrected chi connectivity index (χ0v) is 17.7. The van der Waals surface area contributed by atoms with Crippen LogP contribution in [0.1, 0.15) is 46.1 Å². The second-order valence-electron chi connectivity index (χ2n) is 7.04. The number of thiocarbonyl (C=S) groups is 1. The van der Waals surface area contributed by atoms with Gasteiger partial charge in [0.05, 0.1) is 12.7 Å². The molecule has 0 saturated carbocycles. The van der Waals surface area contributed by atoms with Crippen LogP contribution in [0.15, 0.2) is 30.3 Å². The second-order valence-corrected chi connectivity index (χ2v) is 8.55. The van der Waals surface area contributed by atoms with Gasteiger partial charge in [0.15, 0.2) is 5.11 Å². The van der Waals surface area contributed by atoms with Crippen LogP contribution in [-0.4, -0.2) is 24.1 Å². The summed E-state index contributed by atoms with van der Waals surface area (Å²) in [5, 5.41) is 6.61. The molecular weight excluding hydrogens is 392 g/mol. The number of hydrogen-bond donors (Lipinski definition) is 2. The third-order valence-electron chi connectivity index (χ3n) is 4.86. The van der Waals surface area contributed by atoms with Crippen molar-refractivity contribution in [3.05, 3.63) is 51.9 Å². The first-order valence-electron chi connectivity index (χ1n) is 9.35. The third kappa shape index (κ3) is 4.97. The quantitative estimate of drug-likeness (QED) is 0.567. The lowest BCUT2D eigenvalue weighted by Crippen LogP contribution is -2.34. The Morgan fingerprint density at radius 1 is 1.29 bits per heavy atom. The summed E-state index contributed by atoms with van der Waals surface area (Å²) in [6.07, 6.45) is 3.84. The van der Waals surface area contributed by atoms with E-state index in [4.69, 9.17) is 17.0 Å². The van der Waals surface area contributed by atoms with Gasteiger partial charge in [0.25, 0.3) is 0 Å². The van der Waals surface area contributed by atoms with Gasteiger partial charge in [-0.2, -0.15) is 0 Å². The van der Waals surface area contributed by atoms with Gasteiger partial charge < -0.3 is 15.4 Å². The van der Waals surface area contributed by atoms with Crippen LogP contribution in [0.5, 0.6) is 0 Å². The minimum Gasteiger partial charge on any atom is -0.465 e. The Morgan fingerprint density at radius 3 is 2.75 bits per heavy atom. The standard InChI is InChI=1S/C21H24N2O3S2/c1-13-8-10-15-16(12-13)28-19(18(15)20(25)26-2)23-21(27)22-17(24)11-9-14-6-4-3-5-7-14/h3-7,13H,8-12H2,1-2H3,(H2,22,23,24,27). The number of methoxy groups -OCH3 is 1. The van der Waals surface area contributed by atoms with Gasteiger partial charge >= 0.3 is 5.97 Å². The summed E-state index contributed by atoms with van der Waals surface area (Å²) in [4.78, 5) is 25.7. The van der Waals surface area contributed by atoms with Crippen LogP contribution < -0.4 is 10.6 Å². The number of carbonyl (C=O) groups is 2. The minimum atomic E-state index is -0.368. The zero-order chi connectivity index (χ0) is 20.1. The average molecular weight is 417 g/mol. The van der Waals surface area contributed by atoms with E-state index in [2.05, 4.69) is 17.6 Å². The highest BCUT2D eigenvalue weighted by atomic mass is 32.1. The normalized spacial score (nSPS) is 15.4. The van der Waals surface area contributed by atoms with Crippen molar-refractivity contribution >= 4 is 45.5 Å². The molecule has 0 aliphatic heterocycles. The lowest BCUT2D eigenvalue weighted by Gasteiger charge is -2.18. The van der Waals surface area contributed by atoms with E-state index < -0.39 is 0 Å². The van der Waals surface area contributed by atoms with Crippen molar-refractivity contribution in [1.29, 1.82) is 0 Å². The van der Waals surface area contributed by atoms with Gasteiger partial charge in [-0.25, -0.2) is 4.79 Å². The number of esters is 1. The first-order valence-corrected chi connectivity index (χ1v) is 10.6. The number of fused-ring (bicyclic) bond motifs is 1. The van der Waals surface area contributed by atoms with E-state index in [-0.39, 0.29) is 17.0 Å². The van der Waals surface area contributed by atoms with E-state index in [0.29, 0.717) is 29.3 Å². The summed E-state index contributed by atoms with van der Waals surface area (Å²) >= 11 is 6.83. The van der Waals surface area contributed by atoms with E-state index in [9.17, 15) is 9.59 Å². The molecule has 7 heteroatoms. The number of carbonyl (C=O) groups excluding carboxylic acids is 2. The van der Waals surface area contributed by atoms with Crippen molar-refractivity contribution in [2.45, 2.75) is 39.0 Å². The third-order valence-corrected chi connectivity index (χ3v) is 6.24.